The van der Waals surface area contributed by atoms with Gasteiger partial charge in [0.2, 0.25) is 5.95 Å². The van der Waals surface area contributed by atoms with Crippen molar-refractivity contribution in [3.63, 3.8) is 0 Å². The number of imidazole rings is 1. The Morgan fingerprint density at radius 3 is 2.78 bits per heavy atom. The maximum absolute atomic E-state index is 6.05. The molecule has 7 nitrogen and oxygen atoms in total. The third-order valence-electron chi connectivity index (χ3n) is 5.66. The molecular weight excluding hydrogens is 424 g/mol. The summed E-state index contributed by atoms with van der Waals surface area (Å²) in [6.07, 6.45) is 3.68. The van der Waals surface area contributed by atoms with E-state index in [0.717, 1.165) is 58.2 Å². The van der Waals surface area contributed by atoms with Crippen LogP contribution >= 0.6 is 11.6 Å². The highest BCUT2D eigenvalue weighted by Crippen LogP contribution is 2.23. The molecule has 0 radical (unpaired) electrons. The molecule has 4 heterocycles. The molecule has 0 saturated carbocycles. The lowest BCUT2D eigenvalue weighted by molar-refractivity contribution is 0.0211. The van der Waals surface area contributed by atoms with Gasteiger partial charge in [0.25, 0.3) is 0 Å². The van der Waals surface area contributed by atoms with Crippen LogP contribution in [0, 0.1) is 0 Å². The number of nitrogens with zero attached hydrogens (tertiary/aromatic N) is 3. The maximum Gasteiger partial charge on any atom is 0.201 e. The van der Waals surface area contributed by atoms with Crippen molar-refractivity contribution in [3.8, 4) is 5.69 Å². The second-order valence-corrected chi connectivity index (χ2v) is 8.40. The topological polar surface area (TPSA) is 79.8 Å². The van der Waals surface area contributed by atoms with Gasteiger partial charge in [0, 0.05) is 35.7 Å². The Kier molecular flexibility index (Phi) is 4.70. The van der Waals surface area contributed by atoms with Gasteiger partial charge in [-0.3, -0.25) is 0 Å². The minimum Gasteiger partial charge on any atom is -0.378 e. The molecule has 5 aromatic rings. The van der Waals surface area contributed by atoms with E-state index < -0.39 is 0 Å². The summed E-state index contributed by atoms with van der Waals surface area (Å²) >= 11 is 6.05. The summed E-state index contributed by atoms with van der Waals surface area (Å²) in [6.45, 7) is 2.20. The minimum atomic E-state index is 0.397. The average Bonchev–Trinajstić information content (AvgIpc) is 3.38. The molecule has 0 atom stereocenters. The molecule has 0 unspecified atom stereocenters. The Morgan fingerprint density at radius 2 is 1.97 bits per heavy atom. The molecule has 6 rings (SSSR count). The zero-order chi connectivity index (χ0) is 21.5. The van der Waals surface area contributed by atoms with E-state index in [1.807, 2.05) is 24.4 Å². The van der Waals surface area contributed by atoms with Gasteiger partial charge < -0.3 is 24.9 Å². The number of hydrogen-bond acceptors (Lipinski definition) is 5. The van der Waals surface area contributed by atoms with Crippen LogP contribution in [-0.4, -0.2) is 38.8 Å². The van der Waals surface area contributed by atoms with Gasteiger partial charge in [-0.25, -0.2) is 9.97 Å². The Hall–Kier alpha value is -3.55. The van der Waals surface area contributed by atoms with E-state index in [2.05, 4.69) is 66.6 Å². The monoisotopic (exact) mass is 444 g/mol. The summed E-state index contributed by atoms with van der Waals surface area (Å²) < 4.78 is 7.28. The molecule has 0 aliphatic carbocycles. The first-order chi connectivity index (χ1) is 15.7. The number of aromatic amines is 1. The molecule has 32 heavy (non-hydrogen) atoms. The molecule has 1 saturated heterocycles. The lowest BCUT2D eigenvalue weighted by Gasteiger charge is -2.27. The van der Waals surface area contributed by atoms with Crippen LogP contribution in [0.3, 0.4) is 0 Å². The molecule has 0 bridgehead atoms. The summed E-state index contributed by atoms with van der Waals surface area (Å²) in [6, 6.07) is 18.9. The van der Waals surface area contributed by atoms with E-state index in [-0.39, 0.29) is 0 Å². The van der Waals surface area contributed by atoms with E-state index in [1.165, 1.54) is 0 Å². The summed E-state index contributed by atoms with van der Waals surface area (Å²) in [5.41, 5.74) is 6.12. The third-order valence-corrected chi connectivity index (χ3v) is 5.87. The molecule has 1 aliphatic heterocycles. The van der Waals surface area contributed by atoms with Gasteiger partial charge in [0.1, 0.15) is 5.65 Å². The molecule has 0 spiro atoms. The van der Waals surface area contributed by atoms with Gasteiger partial charge in [-0.05, 0) is 48.0 Å². The number of anilines is 2. The SMILES string of the molecule is Clc1cnc2c(ccn2-c2ccc(CNc3nc4ccc(NC5COC5)cc4[nH]3)cc2)c1. The fourth-order valence-electron chi connectivity index (χ4n) is 3.90. The maximum atomic E-state index is 6.05. The number of aromatic nitrogens is 4. The van der Waals surface area contributed by atoms with Gasteiger partial charge in [0.05, 0.1) is 35.3 Å². The largest absolute Gasteiger partial charge is 0.378 e. The summed E-state index contributed by atoms with van der Waals surface area (Å²) in [4.78, 5) is 12.5. The molecule has 1 aliphatic rings. The van der Waals surface area contributed by atoms with Crippen molar-refractivity contribution in [1.29, 1.82) is 0 Å². The second kappa shape index (κ2) is 7.85. The average molecular weight is 445 g/mol. The number of H-pyrrole nitrogens is 1. The number of pyridine rings is 1. The number of fused-ring (bicyclic) bond motifs is 2. The highest BCUT2D eigenvalue weighted by molar-refractivity contribution is 6.31. The van der Waals surface area contributed by atoms with Crippen LogP contribution in [0.15, 0.2) is 67.0 Å². The quantitative estimate of drug-likeness (QED) is 0.344. The van der Waals surface area contributed by atoms with Gasteiger partial charge in [-0.15, -0.1) is 0 Å². The highest BCUT2D eigenvalue weighted by Gasteiger charge is 2.17. The molecule has 160 valence electrons. The number of benzene rings is 2. The van der Waals surface area contributed by atoms with Gasteiger partial charge in [-0.2, -0.15) is 0 Å². The number of rotatable bonds is 6. The summed E-state index contributed by atoms with van der Waals surface area (Å²) in [7, 11) is 0. The fraction of sp³-hybridized carbons (Fsp3) is 0.167. The van der Waals surface area contributed by atoms with Crippen molar-refractivity contribution in [2.45, 2.75) is 12.6 Å². The zero-order valence-electron chi connectivity index (χ0n) is 17.2. The molecule has 1 fully saturated rings. The summed E-state index contributed by atoms with van der Waals surface area (Å²) in [5.74, 6) is 0.755. The predicted octanol–water partition coefficient (Wildman–Crippen LogP) is 4.98. The lowest BCUT2D eigenvalue weighted by Crippen LogP contribution is -2.40. The molecule has 8 heteroatoms. The number of ether oxygens (including phenoxy) is 1. The van der Waals surface area contributed by atoms with E-state index in [1.54, 1.807) is 6.20 Å². The van der Waals surface area contributed by atoms with Crippen LogP contribution in [0.4, 0.5) is 11.6 Å². The first-order valence-corrected chi connectivity index (χ1v) is 10.9. The zero-order valence-corrected chi connectivity index (χ0v) is 17.9. The second-order valence-electron chi connectivity index (χ2n) is 7.97. The molecular formula is C24H21ClN6O. The first kappa shape index (κ1) is 19.2. The van der Waals surface area contributed by atoms with Gasteiger partial charge in [-0.1, -0.05) is 23.7 Å². The van der Waals surface area contributed by atoms with Crippen molar-refractivity contribution < 1.29 is 4.74 Å². The number of halogens is 1. The van der Waals surface area contributed by atoms with E-state index in [4.69, 9.17) is 16.3 Å². The fourth-order valence-corrected chi connectivity index (χ4v) is 4.07. The van der Waals surface area contributed by atoms with Crippen molar-refractivity contribution in [1.82, 2.24) is 19.5 Å². The third kappa shape index (κ3) is 3.66. The van der Waals surface area contributed by atoms with E-state index in [9.17, 15) is 0 Å². The normalized spacial score (nSPS) is 14.0. The van der Waals surface area contributed by atoms with Crippen LogP contribution in [-0.2, 0) is 11.3 Å². The van der Waals surface area contributed by atoms with Crippen molar-refractivity contribution >= 4 is 45.3 Å². The van der Waals surface area contributed by atoms with Crippen LogP contribution in [0.1, 0.15) is 5.56 Å². The Morgan fingerprint density at radius 1 is 1.09 bits per heavy atom. The van der Waals surface area contributed by atoms with Crippen LogP contribution in [0.25, 0.3) is 27.8 Å². The van der Waals surface area contributed by atoms with Crippen molar-refractivity contribution in [2.24, 2.45) is 0 Å². The van der Waals surface area contributed by atoms with Crippen molar-refractivity contribution in [2.75, 3.05) is 23.8 Å². The van der Waals surface area contributed by atoms with Gasteiger partial charge >= 0.3 is 0 Å². The van der Waals surface area contributed by atoms with Crippen molar-refractivity contribution in [3.05, 3.63) is 77.6 Å². The molecule has 3 aromatic heterocycles. The van der Waals surface area contributed by atoms with E-state index in [0.29, 0.717) is 17.6 Å². The Bertz CT molecular complexity index is 1400. The van der Waals surface area contributed by atoms with E-state index >= 15 is 0 Å². The minimum absolute atomic E-state index is 0.397. The van der Waals surface area contributed by atoms with Crippen LogP contribution in [0.2, 0.25) is 5.02 Å². The van der Waals surface area contributed by atoms with Crippen LogP contribution < -0.4 is 10.6 Å². The standard InChI is InChI=1S/C24H21ClN6O/c25-17-9-16-7-8-31(23(16)26-12-17)20-4-1-15(2-5-20)11-27-24-29-21-6-3-18(10-22(21)30-24)28-19-13-32-14-19/h1-10,12,19,28H,11,13-14H2,(H2,27,29,30). The van der Waals surface area contributed by atoms with Gasteiger partial charge in [0.15, 0.2) is 0 Å². The lowest BCUT2D eigenvalue weighted by atomic mass is 10.2. The molecule has 0 amide bonds. The Labute approximate surface area is 189 Å². The number of nitrogens with one attached hydrogen (secondary N) is 3. The smallest absolute Gasteiger partial charge is 0.201 e. The molecule has 3 N–H and O–H groups in total. The number of hydrogen-bond donors (Lipinski definition) is 3. The Balaban J connectivity index is 1.15. The molecule has 2 aromatic carbocycles. The summed E-state index contributed by atoms with van der Waals surface area (Å²) in [5, 5.41) is 8.51. The highest BCUT2D eigenvalue weighted by atomic mass is 35.5. The first-order valence-electron chi connectivity index (χ1n) is 10.5. The predicted molar refractivity (Wildman–Crippen MR) is 128 cm³/mol. The van der Waals surface area contributed by atoms with Crippen LogP contribution in [0.5, 0.6) is 0 Å².